The third-order valence-corrected chi connectivity index (χ3v) is 5.61. The number of Topliss-reactive ketones (excluding diaryl/α,β-unsaturated/α-hetero) is 1. The maximum Gasteiger partial charge on any atom is 0.308 e. The molecule has 0 N–H and O–H groups in total. The van der Waals surface area contributed by atoms with Crippen molar-refractivity contribution in [3.63, 3.8) is 0 Å². The van der Waals surface area contributed by atoms with Crippen molar-refractivity contribution >= 4 is 17.7 Å². The largest absolute Gasteiger partial charge is 0.497 e. The fraction of sp³-hybridized carbons (Fsp3) is 0.276. The first-order chi connectivity index (χ1) is 17.2. The standard InChI is InChI=1S/C29H31NO6/c1-20(14-23-10-12-26(34-4)13-11-23)30(18-24-8-6-5-7-9-24)19-29(33)25-15-27(35-21(2)31)17-28(16-25)36-22(3)32/h5-13,15-17,20H,14,18-19H2,1-4H3. The van der Waals surface area contributed by atoms with Gasteiger partial charge in [-0.25, -0.2) is 0 Å². The molecular weight excluding hydrogens is 458 g/mol. The average Bonchev–Trinajstić information content (AvgIpc) is 2.83. The Morgan fingerprint density at radius 3 is 1.89 bits per heavy atom. The van der Waals surface area contributed by atoms with E-state index in [0.29, 0.717) is 12.1 Å². The Hall–Kier alpha value is -3.97. The number of rotatable bonds is 11. The van der Waals surface area contributed by atoms with Gasteiger partial charge in [-0.3, -0.25) is 19.3 Å². The van der Waals surface area contributed by atoms with E-state index in [0.717, 1.165) is 23.3 Å². The molecule has 3 rings (SSSR count). The van der Waals surface area contributed by atoms with Gasteiger partial charge in [-0.1, -0.05) is 42.5 Å². The van der Waals surface area contributed by atoms with Crippen LogP contribution in [0.5, 0.6) is 17.2 Å². The molecule has 0 radical (unpaired) electrons. The molecule has 1 atom stereocenters. The molecule has 0 saturated heterocycles. The minimum absolute atomic E-state index is 0.0344. The van der Waals surface area contributed by atoms with Gasteiger partial charge in [-0.05, 0) is 48.7 Å². The Bertz CT molecular complexity index is 1160. The van der Waals surface area contributed by atoms with Gasteiger partial charge in [0.25, 0.3) is 0 Å². The topological polar surface area (TPSA) is 82.1 Å². The molecule has 0 aromatic heterocycles. The third kappa shape index (κ3) is 8.06. The molecule has 7 heteroatoms. The fourth-order valence-corrected chi connectivity index (χ4v) is 3.88. The summed E-state index contributed by atoms with van der Waals surface area (Å²) in [6, 6.07) is 22.3. The van der Waals surface area contributed by atoms with E-state index in [1.54, 1.807) is 7.11 Å². The zero-order valence-corrected chi connectivity index (χ0v) is 21.0. The van der Waals surface area contributed by atoms with E-state index in [1.807, 2.05) is 54.6 Å². The lowest BCUT2D eigenvalue weighted by molar-refractivity contribution is -0.132. The van der Waals surface area contributed by atoms with Crippen LogP contribution >= 0.6 is 0 Å². The van der Waals surface area contributed by atoms with Gasteiger partial charge in [0.05, 0.1) is 13.7 Å². The van der Waals surface area contributed by atoms with Gasteiger partial charge in [-0.15, -0.1) is 0 Å². The van der Waals surface area contributed by atoms with Gasteiger partial charge in [0, 0.05) is 38.1 Å². The van der Waals surface area contributed by atoms with Crippen LogP contribution in [0.15, 0.2) is 72.8 Å². The second kappa shape index (κ2) is 12.7. The molecule has 3 aromatic rings. The number of ether oxygens (including phenoxy) is 3. The van der Waals surface area contributed by atoms with Crippen LogP contribution in [0.1, 0.15) is 42.3 Å². The second-order valence-electron chi connectivity index (χ2n) is 8.60. The lowest BCUT2D eigenvalue weighted by Crippen LogP contribution is -2.38. The van der Waals surface area contributed by atoms with Crippen molar-refractivity contribution in [1.29, 1.82) is 0 Å². The number of ketones is 1. The zero-order chi connectivity index (χ0) is 26.1. The number of carbonyl (C=O) groups excluding carboxylic acids is 3. The Labute approximate surface area is 211 Å². The molecule has 0 bridgehead atoms. The first-order valence-electron chi connectivity index (χ1n) is 11.7. The molecular formula is C29H31NO6. The molecule has 7 nitrogen and oxygen atoms in total. The summed E-state index contributed by atoms with van der Waals surface area (Å²) in [5, 5.41) is 0. The van der Waals surface area contributed by atoms with Gasteiger partial charge in [0.15, 0.2) is 5.78 Å². The van der Waals surface area contributed by atoms with Crippen molar-refractivity contribution < 1.29 is 28.6 Å². The summed E-state index contributed by atoms with van der Waals surface area (Å²) in [5.74, 6) is -0.177. The van der Waals surface area contributed by atoms with E-state index < -0.39 is 11.9 Å². The van der Waals surface area contributed by atoms with E-state index in [2.05, 4.69) is 11.8 Å². The molecule has 0 amide bonds. The highest BCUT2D eigenvalue weighted by Crippen LogP contribution is 2.25. The van der Waals surface area contributed by atoms with Crippen molar-refractivity contribution in [1.82, 2.24) is 4.90 Å². The SMILES string of the molecule is COc1ccc(CC(C)N(CC(=O)c2cc(OC(C)=O)cc(OC(C)=O)c2)Cc2ccccc2)cc1. The number of esters is 2. The lowest BCUT2D eigenvalue weighted by atomic mass is 10.0. The van der Waals surface area contributed by atoms with Gasteiger partial charge in [-0.2, -0.15) is 0 Å². The summed E-state index contributed by atoms with van der Waals surface area (Å²) >= 11 is 0. The molecule has 0 saturated carbocycles. The van der Waals surface area contributed by atoms with Crippen LogP contribution in [0.4, 0.5) is 0 Å². The van der Waals surface area contributed by atoms with Crippen molar-refractivity contribution in [2.24, 2.45) is 0 Å². The quantitative estimate of drug-likeness (QED) is 0.216. The van der Waals surface area contributed by atoms with Crippen LogP contribution < -0.4 is 14.2 Å². The highest BCUT2D eigenvalue weighted by Gasteiger charge is 2.21. The number of methoxy groups -OCH3 is 1. The van der Waals surface area contributed by atoms with E-state index in [-0.39, 0.29) is 29.9 Å². The third-order valence-electron chi connectivity index (χ3n) is 5.61. The summed E-state index contributed by atoms with van der Waals surface area (Å²) in [4.78, 5) is 38.5. The minimum atomic E-state index is -0.535. The van der Waals surface area contributed by atoms with E-state index in [4.69, 9.17) is 14.2 Å². The van der Waals surface area contributed by atoms with Crippen LogP contribution in [-0.2, 0) is 22.6 Å². The second-order valence-corrected chi connectivity index (χ2v) is 8.60. The molecule has 0 fully saturated rings. The van der Waals surface area contributed by atoms with Gasteiger partial charge in [0.1, 0.15) is 17.2 Å². The minimum Gasteiger partial charge on any atom is -0.497 e. The monoisotopic (exact) mass is 489 g/mol. The zero-order valence-electron chi connectivity index (χ0n) is 21.0. The van der Waals surface area contributed by atoms with Crippen molar-refractivity contribution in [2.75, 3.05) is 13.7 Å². The number of benzene rings is 3. The summed E-state index contributed by atoms with van der Waals surface area (Å²) in [7, 11) is 1.63. The maximum atomic E-state index is 13.4. The summed E-state index contributed by atoms with van der Waals surface area (Å²) in [6.07, 6.45) is 0.732. The van der Waals surface area contributed by atoms with Crippen molar-refractivity contribution in [3.8, 4) is 17.2 Å². The summed E-state index contributed by atoms with van der Waals surface area (Å²) in [6.45, 7) is 5.31. The average molecular weight is 490 g/mol. The van der Waals surface area contributed by atoms with Gasteiger partial charge >= 0.3 is 11.9 Å². The first-order valence-corrected chi connectivity index (χ1v) is 11.7. The molecule has 188 valence electrons. The number of nitrogens with zero attached hydrogens (tertiary/aromatic N) is 1. The number of carbonyl (C=O) groups is 3. The molecule has 3 aromatic carbocycles. The first kappa shape index (κ1) is 26.6. The van der Waals surface area contributed by atoms with E-state index in [1.165, 1.54) is 32.0 Å². The molecule has 0 aliphatic carbocycles. The van der Waals surface area contributed by atoms with E-state index in [9.17, 15) is 14.4 Å². The van der Waals surface area contributed by atoms with Crippen LogP contribution in [0.2, 0.25) is 0 Å². The van der Waals surface area contributed by atoms with Gasteiger partial charge < -0.3 is 14.2 Å². The fourth-order valence-electron chi connectivity index (χ4n) is 3.88. The molecule has 0 spiro atoms. The number of hydrogen-bond acceptors (Lipinski definition) is 7. The smallest absolute Gasteiger partial charge is 0.308 e. The molecule has 1 unspecified atom stereocenters. The summed E-state index contributed by atoms with van der Waals surface area (Å²) in [5.41, 5.74) is 2.50. The number of hydrogen-bond donors (Lipinski definition) is 0. The van der Waals surface area contributed by atoms with Crippen molar-refractivity contribution in [3.05, 3.63) is 89.5 Å². The lowest BCUT2D eigenvalue weighted by Gasteiger charge is -2.29. The Kier molecular flexibility index (Phi) is 9.36. The van der Waals surface area contributed by atoms with E-state index >= 15 is 0 Å². The predicted molar refractivity (Wildman–Crippen MR) is 136 cm³/mol. The molecule has 36 heavy (non-hydrogen) atoms. The molecule has 0 heterocycles. The Balaban J connectivity index is 1.85. The predicted octanol–water partition coefficient (Wildman–Crippen LogP) is 4.86. The molecule has 0 aliphatic heterocycles. The van der Waals surface area contributed by atoms with Crippen molar-refractivity contribution in [2.45, 2.75) is 39.8 Å². The highest BCUT2D eigenvalue weighted by atomic mass is 16.5. The van der Waals surface area contributed by atoms with Crippen LogP contribution in [0.25, 0.3) is 0 Å². The maximum absolute atomic E-state index is 13.4. The van der Waals surface area contributed by atoms with Crippen LogP contribution in [0.3, 0.4) is 0 Å². The summed E-state index contributed by atoms with van der Waals surface area (Å²) < 4.78 is 15.6. The van der Waals surface area contributed by atoms with Crippen LogP contribution in [0, 0.1) is 0 Å². The van der Waals surface area contributed by atoms with Gasteiger partial charge in [0.2, 0.25) is 0 Å². The normalized spacial score (nSPS) is 11.6. The Morgan fingerprint density at radius 1 is 0.778 bits per heavy atom. The van der Waals surface area contributed by atoms with Crippen LogP contribution in [-0.4, -0.2) is 42.3 Å². The Morgan fingerprint density at radius 2 is 1.36 bits per heavy atom. The molecule has 0 aliphatic rings. The highest BCUT2D eigenvalue weighted by molar-refractivity contribution is 5.98.